The highest BCUT2D eigenvalue weighted by Crippen LogP contribution is 2.23. The number of benzene rings is 2. The maximum atomic E-state index is 13.2. The van der Waals surface area contributed by atoms with Gasteiger partial charge in [0.2, 0.25) is 0 Å². The highest BCUT2D eigenvalue weighted by Gasteiger charge is 2.08. The molecule has 19 heavy (non-hydrogen) atoms. The Kier molecular flexibility index (Phi) is 3.51. The summed E-state index contributed by atoms with van der Waals surface area (Å²) in [5, 5.41) is 12.0. The highest BCUT2D eigenvalue weighted by molar-refractivity contribution is 5.90. The maximum Gasteiger partial charge on any atom is 0.335 e. The lowest BCUT2D eigenvalue weighted by Crippen LogP contribution is -2.01. The van der Waals surface area contributed by atoms with Gasteiger partial charge in [-0.3, -0.25) is 0 Å². The summed E-state index contributed by atoms with van der Waals surface area (Å²) in [4.78, 5) is 10.9. The summed E-state index contributed by atoms with van der Waals surface area (Å²) in [7, 11) is 0. The van der Waals surface area contributed by atoms with Crippen LogP contribution in [0.15, 0.2) is 36.4 Å². The molecule has 0 fully saturated rings. The van der Waals surface area contributed by atoms with Gasteiger partial charge < -0.3 is 10.4 Å². The molecule has 0 bridgehead atoms. The molecule has 0 spiro atoms. The van der Waals surface area contributed by atoms with Crippen LogP contribution in [0.2, 0.25) is 0 Å². The number of aryl methyl sites for hydroxylation is 2. The summed E-state index contributed by atoms with van der Waals surface area (Å²) in [6.45, 7) is 3.60. The maximum absolute atomic E-state index is 13.2. The zero-order chi connectivity index (χ0) is 14.0. The summed E-state index contributed by atoms with van der Waals surface area (Å²) in [5.74, 6) is -1.27. The average Bonchev–Trinajstić information content (AvgIpc) is 2.33. The number of anilines is 2. The molecule has 0 aliphatic heterocycles. The Hall–Kier alpha value is -2.36. The van der Waals surface area contributed by atoms with Crippen LogP contribution in [0.25, 0.3) is 0 Å². The molecule has 0 aromatic heterocycles. The van der Waals surface area contributed by atoms with Crippen LogP contribution in [0.1, 0.15) is 21.5 Å². The van der Waals surface area contributed by atoms with E-state index in [0.717, 1.165) is 11.3 Å². The van der Waals surface area contributed by atoms with Gasteiger partial charge in [-0.05, 0) is 55.3 Å². The van der Waals surface area contributed by atoms with E-state index in [1.807, 2.05) is 6.92 Å². The Morgan fingerprint density at radius 3 is 2.47 bits per heavy atom. The number of carbonyl (C=O) groups is 1. The van der Waals surface area contributed by atoms with Crippen LogP contribution in [0.5, 0.6) is 0 Å². The molecule has 2 rings (SSSR count). The first kappa shape index (κ1) is 13.1. The lowest BCUT2D eigenvalue weighted by Gasteiger charge is -2.11. The van der Waals surface area contributed by atoms with Gasteiger partial charge >= 0.3 is 5.97 Å². The molecule has 0 saturated carbocycles. The molecule has 0 heterocycles. The molecule has 0 amide bonds. The topological polar surface area (TPSA) is 49.3 Å². The summed E-state index contributed by atoms with van der Waals surface area (Å²) >= 11 is 0. The Labute approximate surface area is 110 Å². The van der Waals surface area contributed by atoms with E-state index >= 15 is 0 Å². The van der Waals surface area contributed by atoms with Crippen molar-refractivity contribution in [2.45, 2.75) is 13.8 Å². The van der Waals surface area contributed by atoms with Crippen molar-refractivity contribution in [2.75, 3.05) is 5.32 Å². The van der Waals surface area contributed by atoms with Gasteiger partial charge in [-0.2, -0.15) is 0 Å². The SMILES string of the molecule is Cc1ccc(F)cc1Nc1ccc(C(=O)O)c(C)c1. The first-order valence-electron chi connectivity index (χ1n) is 5.84. The van der Waals surface area contributed by atoms with Gasteiger partial charge in [0.05, 0.1) is 5.56 Å². The van der Waals surface area contributed by atoms with Crippen LogP contribution < -0.4 is 5.32 Å². The molecule has 0 atom stereocenters. The lowest BCUT2D eigenvalue weighted by molar-refractivity contribution is 0.0696. The number of rotatable bonds is 3. The zero-order valence-electron chi connectivity index (χ0n) is 10.7. The number of carboxylic acid groups (broad SMARTS) is 1. The minimum Gasteiger partial charge on any atom is -0.478 e. The summed E-state index contributed by atoms with van der Waals surface area (Å²) in [5.41, 5.74) is 3.24. The molecule has 2 aromatic rings. The second-order valence-corrected chi connectivity index (χ2v) is 4.42. The largest absolute Gasteiger partial charge is 0.478 e. The highest BCUT2D eigenvalue weighted by atomic mass is 19.1. The molecule has 0 aliphatic carbocycles. The van der Waals surface area contributed by atoms with Crippen molar-refractivity contribution in [3.63, 3.8) is 0 Å². The van der Waals surface area contributed by atoms with Crippen molar-refractivity contribution in [3.05, 3.63) is 58.9 Å². The number of hydrogen-bond acceptors (Lipinski definition) is 2. The Morgan fingerprint density at radius 1 is 1.11 bits per heavy atom. The first-order chi connectivity index (χ1) is 8.97. The fraction of sp³-hybridized carbons (Fsp3) is 0.133. The van der Waals surface area contributed by atoms with Crippen molar-refractivity contribution in [1.82, 2.24) is 0 Å². The molecule has 2 aromatic carbocycles. The Bertz CT molecular complexity index is 638. The molecule has 98 valence electrons. The van der Waals surface area contributed by atoms with Crippen molar-refractivity contribution in [1.29, 1.82) is 0 Å². The van der Waals surface area contributed by atoms with Gasteiger partial charge in [0.15, 0.2) is 0 Å². The number of aromatic carboxylic acids is 1. The third-order valence-corrected chi connectivity index (χ3v) is 2.94. The van der Waals surface area contributed by atoms with Gasteiger partial charge in [-0.1, -0.05) is 6.07 Å². The van der Waals surface area contributed by atoms with Crippen molar-refractivity contribution < 1.29 is 14.3 Å². The number of halogens is 1. The molecule has 0 unspecified atom stereocenters. The van der Waals surface area contributed by atoms with Gasteiger partial charge in [0.25, 0.3) is 0 Å². The van der Waals surface area contributed by atoms with E-state index in [9.17, 15) is 9.18 Å². The minimum atomic E-state index is -0.953. The van der Waals surface area contributed by atoms with E-state index < -0.39 is 5.97 Å². The molecule has 4 heteroatoms. The van der Waals surface area contributed by atoms with E-state index in [1.165, 1.54) is 18.2 Å². The third-order valence-electron chi connectivity index (χ3n) is 2.94. The normalized spacial score (nSPS) is 10.3. The monoisotopic (exact) mass is 259 g/mol. The van der Waals surface area contributed by atoms with Crippen LogP contribution in [0.4, 0.5) is 15.8 Å². The van der Waals surface area contributed by atoms with E-state index in [-0.39, 0.29) is 11.4 Å². The summed E-state index contributed by atoms with van der Waals surface area (Å²) < 4.78 is 13.2. The van der Waals surface area contributed by atoms with Crippen molar-refractivity contribution in [2.24, 2.45) is 0 Å². The molecule has 3 nitrogen and oxygen atoms in total. The molecule has 0 aliphatic rings. The van der Waals surface area contributed by atoms with Gasteiger partial charge in [-0.25, -0.2) is 9.18 Å². The second kappa shape index (κ2) is 5.10. The van der Waals surface area contributed by atoms with Crippen LogP contribution in [0, 0.1) is 19.7 Å². The quantitative estimate of drug-likeness (QED) is 0.879. The van der Waals surface area contributed by atoms with E-state index in [0.29, 0.717) is 11.3 Å². The van der Waals surface area contributed by atoms with Crippen LogP contribution in [0.3, 0.4) is 0 Å². The lowest BCUT2D eigenvalue weighted by atomic mass is 10.1. The predicted octanol–water partition coefficient (Wildman–Crippen LogP) is 3.88. The van der Waals surface area contributed by atoms with Gasteiger partial charge in [-0.15, -0.1) is 0 Å². The Balaban J connectivity index is 2.31. The molecule has 0 radical (unpaired) electrons. The van der Waals surface area contributed by atoms with Crippen molar-refractivity contribution in [3.8, 4) is 0 Å². The number of hydrogen-bond donors (Lipinski definition) is 2. The van der Waals surface area contributed by atoms with Crippen LogP contribution in [-0.2, 0) is 0 Å². The number of carboxylic acids is 1. The predicted molar refractivity (Wildman–Crippen MR) is 72.6 cm³/mol. The zero-order valence-corrected chi connectivity index (χ0v) is 10.7. The van der Waals surface area contributed by atoms with Gasteiger partial charge in [0, 0.05) is 11.4 Å². The fourth-order valence-electron chi connectivity index (χ4n) is 1.87. The first-order valence-corrected chi connectivity index (χ1v) is 5.84. The average molecular weight is 259 g/mol. The standard InChI is InChI=1S/C15H14FNO2/c1-9-3-4-11(16)8-14(9)17-12-5-6-13(15(18)19)10(2)7-12/h3-8,17H,1-2H3,(H,18,19). The van der Waals surface area contributed by atoms with E-state index in [2.05, 4.69) is 5.32 Å². The summed E-state index contributed by atoms with van der Waals surface area (Å²) in [6, 6.07) is 9.44. The van der Waals surface area contributed by atoms with Crippen LogP contribution >= 0.6 is 0 Å². The van der Waals surface area contributed by atoms with E-state index in [4.69, 9.17) is 5.11 Å². The molecular weight excluding hydrogens is 245 g/mol. The number of nitrogens with one attached hydrogen (secondary N) is 1. The molecular formula is C15H14FNO2. The smallest absolute Gasteiger partial charge is 0.335 e. The second-order valence-electron chi connectivity index (χ2n) is 4.42. The molecule has 0 saturated heterocycles. The van der Waals surface area contributed by atoms with Gasteiger partial charge in [0.1, 0.15) is 5.82 Å². The fourth-order valence-corrected chi connectivity index (χ4v) is 1.87. The van der Waals surface area contributed by atoms with Crippen molar-refractivity contribution >= 4 is 17.3 Å². The Morgan fingerprint density at radius 2 is 1.84 bits per heavy atom. The van der Waals surface area contributed by atoms with Crippen LogP contribution in [-0.4, -0.2) is 11.1 Å². The third kappa shape index (κ3) is 2.91. The minimum absolute atomic E-state index is 0.265. The summed E-state index contributed by atoms with van der Waals surface area (Å²) in [6.07, 6.45) is 0. The molecule has 2 N–H and O–H groups in total. The van der Waals surface area contributed by atoms with E-state index in [1.54, 1.807) is 25.1 Å².